The lowest BCUT2D eigenvalue weighted by molar-refractivity contribution is -0.384. The predicted molar refractivity (Wildman–Crippen MR) is 129 cm³/mol. The van der Waals surface area contributed by atoms with Crippen LogP contribution in [-0.2, 0) is 28.9 Å². The van der Waals surface area contributed by atoms with Crippen molar-refractivity contribution in [3.8, 4) is 0 Å². The number of non-ortho nitro benzene ring substituents is 1. The van der Waals surface area contributed by atoms with Gasteiger partial charge in [0, 0.05) is 18.7 Å². The van der Waals surface area contributed by atoms with Crippen molar-refractivity contribution in [2.75, 3.05) is 6.54 Å². The zero-order valence-electron chi connectivity index (χ0n) is 19.9. The summed E-state index contributed by atoms with van der Waals surface area (Å²) >= 11 is 0. The Morgan fingerprint density at radius 2 is 1.82 bits per heavy atom. The van der Waals surface area contributed by atoms with Crippen LogP contribution in [0.2, 0.25) is 0 Å². The van der Waals surface area contributed by atoms with Crippen molar-refractivity contribution in [3.05, 3.63) is 74.8 Å². The molecule has 0 aliphatic rings. The Balaban J connectivity index is 1.95. The minimum Gasteiger partial charge on any atom is -0.481 e. The summed E-state index contributed by atoms with van der Waals surface area (Å²) in [5, 5.41) is 22.9. The van der Waals surface area contributed by atoms with Crippen LogP contribution in [0.1, 0.15) is 61.8 Å². The van der Waals surface area contributed by atoms with Gasteiger partial charge < -0.3 is 20.9 Å². The van der Waals surface area contributed by atoms with Gasteiger partial charge in [-0.05, 0) is 74.8 Å². The quantitative estimate of drug-likeness (QED) is 0.327. The predicted octanol–water partition coefficient (Wildman–Crippen LogP) is 4.31. The lowest BCUT2D eigenvalue weighted by Gasteiger charge is -2.20. The highest BCUT2D eigenvalue weighted by Gasteiger charge is 2.17. The van der Waals surface area contributed by atoms with Crippen LogP contribution in [0.4, 0.5) is 10.5 Å². The third kappa shape index (κ3) is 8.82. The van der Waals surface area contributed by atoms with Crippen LogP contribution in [0, 0.1) is 10.1 Å². The highest BCUT2D eigenvalue weighted by molar-refractivity contribution is 5.71. The van der Waals surface area contributed by atoms with Crippen molar-refractivity contribution < 1.29 is 24.4 Å². The molecule has 2 aromatic carbocycles. The molecule has 2 aromatic rings. The van der Waals surface area contributed by atoms with Gasteiger partial charge >= 0.3 is 12.1 Å². The second kappa shape index (κ2) is 12.1. The first kappa shape index (κ1) is 26.8. The zero-order chi connectivity index (χ0) is 25.3. The number of carbonyl (C=O) groups is 2. The molecule has 34 heavy (non-hydrogen) atoms. The van der Waals surface area contributed by atoms with Crippen molar-refractivity contribution in [2.24, 2.45) is 5.73 Å². The molecule has 0 spiro atoms. The SMILES string of the molecule is CC(C)(C)OC(=O)NCc1ccc(C(CN)CCCc2ccc([N+](=O)[O-])cc2CC(=O)O)cc1. The number of benzene rings is 2. The Morgan fingerprint density at radius 3 is 2.38 bits per heavy atom. The van der Waals surface area contributed by atoms with Crippen molar-refractivity contribution >= 4 is 17.7 Å². The van der Waals surface area contributed by atoms with E-state index < -0.39 is 22.6 Å². The molecule has 0 fully saturated rings. The van der Waals surface area contributed by atoms with Gasteiger partial charge in [0.2, 0.25) is 0 Å². The number of carboxylic acids is 1. The second-order valence-electron chi connectivity index (χ2n) is 9.20. The molecule has 0 heterocycles. The molecular formula is C25H33N3O6. The van der Waals surface area contributed by atoms with Gasteiger partial charge in [-0.25, -0.2) is 4.79 Å². The number of ether oxygens (including phenoxy) is 1. The average molecular weight is 472 g/mol. The molecule has 9 nitrogen and oxygen atoms in total. The summed E-state index contributed by atoms with van der Waals surface area (Å²) in [6, 6.07) is 12.3. The number of aliphatic carboxylic acids is 1. The van der Waals surface area contributed by atoms with Gasteiger partial charge in [0.25, 0.3) is 5.69 Å². The van der Waals surface area contributed by atoms with Crippen LogP contribution >= 0.6 is 0 Å². The maximum absolute atomic E-state index is 11.8. The number of carboxylic acid groups (broad SMARTS) is 1. The van der Waals surface area contributed by atoms with Crippen LogP contribution in [-0.4, -0.2) is 34.2 Å². The lowest BCUT2D eigenvalue weighted by atomic mass is 9.91. The summed E-state index contributed by atoms with van der Waals surface area (Å²) in [6.45, 7) is 6.24. The van der Waals surface area contributed by atoms with E-state index in [0.29, 0.717) is 25.1 Å². The summed E-state index contributed by atoms with van der Waals surface area (Å²) < 4.78 is 5.23. The fourth-order valence-corrected chi connectivity index (χ4v) is 3.65. The van der Waals surface area contributed by atoms with Crippen LogP contribution in [0.15, 0.2) is 42.5 Å². The number of amides is 1. The van der Waals surface area contributed by atoms with Gasteiger partial charge in [-0.15, -0.1) is 0 Å². The highest BCUT2D eigenvalue weighted by atomic mass is 16.6. The fourth-order valence-electron chi connectivity index (χ4n) is 3.65. The van der Waals surface area contributed by atoms with Crippen molar-refractivity contribution in [1.29, 1.82) is 0 Å². The molecule has 1 atom stereocenters. The van der Waals surface area contributed by atoms with E-state index in [1.54, 1.807) is 6.07 Å². The largest absolute Gasteiger partial charge is 0.481 e. The molecule has 2 rings (SSSR count). The number of nitrogens with one attached hydrogen (secondary N) is 1. The summed E-state index contributed by atoms with van der Waals surface area (Å²) in [6.07, 6.45) is 1.43. The Labute approximate surface area is 199 Å². The van der Waals surface area contributed by atoms with Crippen molar-refractivity contribution in [1.82, 2.24) is 5.32 Å². The van der Waals surface area contributed by atoms with Crippen LogP contribution in [0.25, 0.3) is 0 Å². The third-order valence-electron chi connectivity index (χ3n) is 5.31. The molecule has 9 heteroatoms. The Kier molecular flexibility index (Phi) is 9.56. The minimum atomic E-state index is -1.03. The number of nitrogens with two attached hydrogens (primary N) is 1. The topological polar surface area (TPSA) is 145 Å². The van der Waals surface area contributed by atoms with Gasteiger partial charge in [-0.2, -0.15) is 0 Å². The molecule has 0 saturated carbocycles. The van der Waals surface area contributed by atoms with Crippen molar-refractivity contribution in [2.45, 2.75) is 64.5 Å². The van der Waals surface area contributed by atoms with Gasteiger partial charge in [-0.3, -0.25) is 14.9 Å². The monoisotopic (exact) mass is 471 g/mol. The van der Waals surface area contributed by atoms with Gasteiger partial charge in [0.15, 0.2) is 0 Å². The van der Waals surface area contributed by atoms with Crippen LogP contribution < -0.4 is 11.1 Å². The number of nitro groups is 1. The van der Waals surface area contributed by atoms with Crippen LogP contribution in [0.3, 0.4) is 0 Å². The molecule has 0 aliphatic carbocycles. The molecule has 4 N–H and O–H groups in total. The van der Waals surface area contributed by atoms with E-state index in [1.165, 1.54) is 12.1 Å². The van der Waals surface area contributed by atoms with Gasteiger partial charge in [0.05, 0.1) is 11.3 Å². The van der Waals surface area contributed by atoms with E-state index in [-0.39, 0.29) is 18.0 Å². The fraction of sp³-hybridized carbons (Fsp3) is 0.440. The number of nitrogens with zero attached hydrogens (tertiary/aromatic N) is 1. The van der Waals surface area contributed by atoms with Crippen molar-refractivity contribution in [3.63, 3.8) is 0 Å². The number of nitro benzene ring substituents is 1. The lowest BCUT2D eigenvalue weighted by Crippen LogP contribution is -2.32. The summed E-state index contributed by atoms with van der Waals surface area (Å²) in [7, 11) is 0. The average Bonchev–Trinajstić information content (AvgIpc) is 2.75. The Hall–Kier alpha value is -3.46. The maximum Gasteiger partial charge on any atom is 0.407 e. The van der Waals surface area contributed by atoms with Gasteiger partial charge in [-0.1, -0.05) is 30.3 Å². The molecule has 1 amide bonds. The molecule has 1 unspecified atom stereocenters. The number of hydrogen-bond acceptors (Lipinski definition) is 6. The zero-order valence-corrected chi connectivity index (χ0v) is 19.9. The standard InChI is InChI=1S/C25H33N3O6/c1-25(2,3)34-24(31)27-16-17-7-9-19(10-8-17)20(15-26)6-4-5-18-11-12-22(28(32)33)13-21(18)14-23(29)30/h7-13,20H,4-6,14-16,26H2,1-3H3,(H,27,31)(H,29,30). The van der Waals surface area contributed by atoms with Gasteiger partial charge in [0.1, 0.15) is 5.60 Å². The summed E-state index contributed by atoms with van der Waals surface area (Å²) in [4.78, 5) is 33.5. The molecular weight excluding hydrogens is 438 g/mol. The molecule has 0 aliphatic heterocycles. The van der Waals surface area contributed by atoms with E-state index in [9.17, 15) is 19.7 Å². The van der Waals surface area contributed by atoms with E-state index in [1.807, 2.05) is 45.0 Å². The first-order chi connectivity index (χ1) is 16.0. The molecule has 184 valence electrons. The van der Waals surface area contributed by atoms with Crippen LogP contribution in [0.5, 0.6) is 0 Å². The normalized spacial score (nSPS) is 12.1. The number of rotatable bonds is 11. The highest BCUT2D eigenvalue weighted by Crippen LogP contribution is 2.25. The molecule has 0 aromatic heterocycles. The van der Waals surface area contributed by atoms with E-state index in [4.69, 9.17) is 15.6 Å². The Morgan fingerprint density at radius 1 is 1.15 bits per heavy atom. The molecule has 0 bridgehead atoms. The number of alkyl carbamates (subject to hydrolysis) is 1. The summed E-state index contributed by atoms with van der Waals surface area (Å²) in [5.74, 6) is -0.906. The van der Waals surface area contributed by atoms with E-state index in [0.717, 1.165) is 29.5 Å². The van der Waals surface area contributed by atoms with E-state index in [2.05, 4.69) is 5.32 Å². The first-order valence-electron chi connectivity index (χ1n) is 11.2. The number of aryl methyl sites for hydroxylation is 1. The third-order valence-corrected chi connectivity index (χ3v) is 5.31. The molecule has 0 radical (unpaired) electrons. The first-order valence-corrected chi connectivity index (χ1v) is 11.2. The summed E-state index contributed by atoms with van der Waals surface area (Å²) in [5.41, 5.74) is 8.63. The Bertz CT molecular complexity index is 999. The maximum atomic E-state index is 11.8. The number of hydrogen-bond donors (Lipinski definition) is 3. The minimum absolute atomic E-state index is 0.110. The number of carbonyl (C=O) groups excluding carboxylic acids is 1. The smallest absolute Gasteiger partial charge is 0.407 e. The van der Waals surface area contributed by atoms with E-state index >= 15 is 0 Å². The molecule has 0 saturated heterocycles. The second-order valence-corrected chi connectivity index (χ2v) is 9.20.